The first-order chi connectivity index (χ1) is 9.90. The van der Waals surface area contributed by atoms with Crippen molar-refractivity contribution in [2.24, 2.45) is 0 Å². The van der Waals surface area contributed by atoms with E-state index in [2.05, 4.69) is 37.2 Å². The Balaban J connectivity index is 2.36. The Hall–Kier alpha value is -1.37. The second kappa shape index (κ2) is 6.60. The smallest absolute Gasteiger partial charge is 0.337 e. The number of carbonyl (C=O) groups excluding carboxylic acids is 1. The summed E-state index contributed by atoms with van der Waals surface area (Å²) < 4.78 is 1.16. The van der Waals surface area contributed by atoms with Crippen molar-refractivity contribution in [1.82, 2.24) is 0 Å². The maximum Gasteiger partial charge on any atom is 0.337 e. The van der Waals surface area contributed by atoms with Crippen LogP contribution in [0.15, 0.2) is 45.3 Å². The summed E-state index contributed by atoms with van der Waals surface area (Å²) in [6, 6.07) is 9.38. The average Bonchev–Trinajstić information content (AvgIpc) is 2.43. The zero-order chi connectivity index (χ0) is 15.6. The molecule has 0 unspecified atom stereocenters. The fourth-order valence-corrected chi connectivity index (χ4v) is 2.54. The largest absolute Gasteiger partial charge is 0.478 e. The van der Waals surface area contributed by atoms with Gasteiger partial charge < -0.3 is 10.4 Å². The topological polar surface area (TPSA) is 66.4 Å². The number of halogens is 3. The van der Waals surface area contributed by atoms with E-state index in [9.17, 15) is 9.59 Å². The van der Waals surface area contributed by atoms with Crippen LogP contribution in [-0.4, -0.2) is 17.0 Å². The highest BCUT2D eigenvalue weighted by atomic mass is 79.9. The normalized spacial score (nSPS) is 10.2. The summed E-state index contributed by atoms with van der Waals surface area (Å²) in [7, 11) is 0. The number of hydrogen-bond donors (Lipinski definition) is 2. The van der Waals surface area contributed by atoms with Gasteiger partial charge in [-0.2, -0.15) is 0 Å². The molecule has 2 aromatic carbocycles. The number of carboxylic acids is 1. The molecule has 0 bridgehead atoms. The first kappa shape index (κ1) is 16.0. The predicted molar refractivity (Wildman–Crippen MR) is 88.2 cm³/mol. The minimum atomic E-state index is -1.12. The first-order valence-electron chi connectivity index (χ1n) is 5.68. The summed E-state index contributed by atoms with van der Waals surface area (Å²) in [6.07, 6.45) is 0. The van der Waals surface area contributed by atoms with Crippen molar-refractivity contribution in [2.75, 3.05) is 5.32 Å². The molecule has 2 aromatic rings. The molecule has 21 heavy (non-hydrogen) atoms. The van der Waals surface area contributed by atoms with Gasteiger partial charge >= 0.3 is 5.97 Å². The molecule has 0 aliphatic carbocycles. The van der Waals surface area contributed by atoms with Gasteiger partial charge in [0.25, 0.3) is 5.91 Å². The summed E-state index contributed by atoms with van der Waals surface area (Å²) in [6.45, 7) is 0. The third-order valence-electron chi connectivity index (χ3n) is 2.66. The molecule has 7 heteroatoms. The lowest BCUT2D eigenvalue weighted by atomic mass is 10.1. The molecule has 2 N–H and O–H groups in total. The van der Waals surface area contributed by atoms with E-state index in [0.717, 1.165) is 0 Å². The number of carboxylic acid groups (broad SMARTS) is 1. The zero-order valence-corrected chi connectivity index (χ0v) is 14.3. The number of aromatic carboxylic acids is 1. The number of benzene rings is 2. The van der Waals surface area contributed by atoms with E-state index in [-0.39, 0.29) is 11.3 Å². The fraction of sp³-hybridized carbons (Fsp3) is 0. The highest BCUT2D eigenvalue weighted by molar-refractivity contribution is 9.11. The van der Waals surface area contributed by atoms with Gasteiger partial charge in [0.1, 0.15) is 0 Å². The van der Waals surface area contributed by atoms with E-state index in [4.69, 9.17) is 16.7 Å². The van der Waals surface area contributed by atoms with E-state index in [1.54, 1.807) is 24.3 Å². The Morgan fingerprint density at radius 1 is 1.10 bits per heavy atom. The van der Waals surface area contributed by atoms with Gasteiger partial charge in [-0.1, -0.05) is 17.7 Å². The molecule has 0 radical (unpaired) electrons. The van der Waals surface area contributed by atoms with E-state index in [1.807, 2.05) is 0 Å². The number of anilines is 1. The number of hydrogen-bond acceptors (Lipinski definition) is 2. The Bertz CT molecular complexity index is 734. The molecule has 0 saturated carbocycles. The molecule has 0 saturated heterocycles. The van der Waals surface area contributed by atoms with Crippen molar-refractivity contribution in [1.29, 1.82) is 0 Å². The van der Waals surface area contributed by atoms with Gasteiger partial charge in [0.15, 0.2) is 0 Å². The molecule has 0 heterocycles. The van der Waals surface area contributed by atoms with Crippen molar-refractivity contribution in [2.45, 2.75) is 0 Å². The maximum atomic E-state index is 12.2. The van der Waals surface area contributed by atoms with Crippen LogP contribution in [0, 0.1) is 0 Å². The molecule has 4 nitrogen and oxygen atoms in total. The minimum absolute atomic E-state index is 0.000864. The molecule has 0 atom stereocenters. The third-order valence-corrected chi connectivity index (χ3v) is 4.56. The van der Waals surface area contributed by atoms with Crippen LogP contribution in [0.4, 0.5) is 5.69 Å². The number of para-hydroxylation sites is 1. The van der Waals surface area contributed by atoms with E-state index in [0.29, 0.717) is 19.5 Å². The second-order valence-electron chi connectivity index (χ2n) is 4.05. The number of amides is 1. The third kappa shape index (κ3) is 3.64. The predicted octanol–water partition coefficient (Wildman–Crippen LogP) is 4.82. The lowest BCUT2D eigenvalue weighted by molar-refractivity contribution is 0.0698. The van der Waals surface area contributed by atoms with E-state index >= 15 is 0 Å². The molecule has 108 valence electrons. The monoisotopic (exact) mass is 431 g/mol. The summed E-state index contributed by atoms with van der Waals surface area (Å²) in [5.74, 6) is -1.57. The summed E-state index contributed by atoms with van der Waals surface area (Å²) in [5.41, 5.74) is 0.533. The maximum absolute atomic E-state index is 12.2. The van der Waals surface area contributed by atoms with Crippen LogP contribution in [0.3, 0.4) is 0 Å². The molecular formula is C14H8Br2ClNO3. The summed E-state index contributed by atoms with van der Waals surface area (Å²) >= 11 is 12.4. The summed E-state index contributed by atoms with van der Waals surface area (Å²) in [4.78, 5) is 23.4. The van der Waals surface area contributed by atoms with Crippen LogP contribution in [-0.2, 0) is 0 Å². The standard InChI is InChI=1S/C14H8Br2ClNO3/c15-9-5-4-7(6-11(9)17)13(19)18-12-8(14(20)21)2-1-3-10(12)16/h1-6H,(H,18,19)(H,20,21). The molecule has 0 fully saturated rings. The van der Waals surface area contributed by atoms with Crippen molar-refractivity contribution < 1.29 is 14.7 Å². The van der Waals surface area contributed by atoms with Crippen LogP contribution in [0.2, 0.25) is 5.02 Å². The van der Waals surface area contributed by atoms with Gasteiger partial charge in [-0.3, -0.25) is 4.79 Å². The molecule has 0 aliphatic rings. The highest BCUT2D eigenvalue weighted by Crippen LogP contribution is 2.28. The minimum Gasteiger partial charge on any atom is -0.478 e. The number of rotatable bonds is 3. The Labute approximate surface area is 142 Å². The van der Waals surface area contributed by atoms with Crippen LogP contribution < -0.4 is 5.32 Å². The van der Waals surface area contributed by atoms with Crippen LogP contribution in [0.5, 0.6) is 0 Å². The van der Waals surface area contributed by atoms with Gasteiger partial charge in [0.2, 0.25) is 0 Å². The fourth-order valence-electron chi connectivity index (χ4n) is 1.65. The molecule has 0 aliphatic heterocycles. The molecule has 1 amide bonds. The van der Waals surface area contributed by atoms with Crippen molar-refractivity contribution in [3.8, 4) is 0 Å². The Morgan fingerprint density at radius 2 is 1.81 bits per heavy atom. The van der Waals surface area contributed by atoms with Crippen molar-refractivity contribution in [3.63, 3.8) is 0 Å². The van der Waals surface area contributed by atoms with Gasteiger partial charge in [0, 0.05) is 14.5 Å². The lowest BCUT2D eigenvalue weighted by Crippen LogP contribution is -2.15. The van der Waals surface area contributed by atoms with E-state index < -0.39 is 11.9 Å². The molecule has 0 aromatic heterocycles. The molecule has 2 rings (SSSR count). The van der Waals surface area contributed by atoms with Crippen LogP contribution >= 0.6 is 43.5 Å². The average molecular weight is 433 g/mol. The Kier molecular flexibility index (Phi) is 5.03. The highest BCUT2D eigenvalue weighted by Gasteiger charge is 2.16. The van der Waals surface area contributed by atoms with Gasteiger partial charge in [-0.25, -0.2) is 4.79 Å². The first-order valence-corrected chi connectivity index (χ1v) is 7.64. The number of nitrogens with one attached hydrogen (secondary N) is 1. The SMILES string of the molecule is O=C(Nc1c(Br)cccc1C(=O)O)c1ccc(Br)c(Cl)c1. The van der Waals surface area contributed by atoms with E-state index in [1.165, 1.54) is 12.1 Å². The molecular weight excluding hydrogens is 425 g/mol. The van der Waals surface area contributed by atoms with Gasteiger partial charge in [0.05, 0.1) is 16.3 Å². The van der Waals surface area contributed by atoms with Crippen molar-refractivity contribution in [3.05, 3.63) is 61.5 Å². The van der Waals surface area contributed by atoms with Gasteiger partial charge in [-0.05, 0) is 62.2 Å². The van der Waals surface area contributed by atoms with Crippen LogP contribution in [0.1, 0.15) is 20.7 Å². The van der Waals surface area contributed by atoms with Gasteiger partial charge in [-0.15, -0.1) is 0 Å². The number of carbonyl (C=O) groups is 2. The summed E-state index contributed by atoms with van der Waals surface area (Å²) in [5, 5.41) is 12.1. The van der Waals surface area contributed by atoms with Crippen molar-refractivity contribution >= 4 is 61.0 Å². The second-order valence-corrected chi connectivity index (χ2v) is 6.17. The zero-order valence-electron chi connectivity index (χ0n) is 10.4. The lowest BCUT2D eigenvalue weighted by Gasteiger charge is -2.11. The molecule has 0 spiro atoms. The van der Waals surface area contributed by atoms with Crippen LogP contribution in [0.25, 0.3) is 0 Å². The Morgan fingerprint density at radius 3 is 2.43 bits per heavy atom. The quantitative estimate of drug-likeness (QED) is 0.730.